The quantitative estimate of drug-likeness (QED) is 0.816. The monoisotopic (exact) mass is 220 g/mol. The number of rotatable bonds is 3. The Labute approximate surface area is 94.2 Å². The first-order chi connectivity index (χ1) is 7.67. The van der Waals surface area contributed by atoms with Crippen molar-refractivity contribution in [3.05, 3.63) is 30.0 Å². The Morgan fingerprint density at radius 1 is 1.44 bits per heavy atom. The van der Waals surface area contributed by atoms with Gasteiger partial charge in [0.15, 0.2) is 0 Å². The average molecular weight is 220 g/mol. The average Bonchev–Trinajstić information content (AvgIpc) is 2.65. The molecule has 0 aliphatic carbocycles. The number of hydrogen-bond donors (Lipinski definition) is 2. The van der Waals surface area contributed by atoms with Crippen LogP contribution in [0.3, 0.4) is 0 Å². The van der Waals surface area contributed by atoms with Crippen molar-refractivity contribution in [2.24, 2.45) is 12.8 Å². The summed E-state index contributed by atoms with van der Waals surface area (Å²) in [6.45, 7) is 0.224. The number of benzene rings is 1. The van der Waals surface area contributed by atoms with Crippen molar-refractivity contribution >= 4 is 10.9 Å². The number of aliphatic hydroxyl groups excluding tert-OH is 1. The number of aryl methyl sites for hydroxylation is 1. The van der Waals surface area contributed by atoms with E-state index in [1.807, 2.05) is 35.9 Å². The standard InChI is InChI=1S/C12H16N2O2/c1-14-10-4-3-9(16-2)5-8(10)6-11(14)12(15)7-13/h3-6,12,15H,7,13H2,1-2H3. The van der Waals surface area contributed by atoms with E-state index in [1.54, 1.807) is 7.11 Å². The lowest BCUT2D eigenvalue weighted by molar-refractivity contribution is 0.179. The van der Waals surface area contributed by atoms with E-state index in [1.165, 1.54) is 0 Å². The minimum Gasteiger partial charge on any atom is -0.497 e. The summed E-state index contributed by atoms with van der Waals surface area (Å²) in [5, 5.41) is 10.8. The molecule has 0 saturated carbocycles. The van der Waals surface area contributed by atoms with E-state index < -0.39 is 6.10 Å². The number of fused-ring (bicyclic) bond motifs is 1. The lowest BCUT2D eigenvalue weighted by atomic mass is 10.2. The topological polar surface area (TPSA) is 60.4 Å². The van der Waals surface area contributed by atoms with Crippen LogP contribution in [0.2, 0.25) is 0 Å². The molecule has 0 fully saturated rings. The highest BCUT2D eigenvalue weighted by Gasteiger charge is 2.12. The molecule has 1 aromatic heterocycles. The predicted octanol–water partition coefficient (Wildman–Crippen LogP) is 1.18. The van der Waals surface area contributed by atoms with E-state index in [2.05, 4.69) is 0 Å². The third-order valence-corrected chi connectivity index (χ3v) is 2.85. The van der Waals surface area contributed by atoms with Crippen LogP contribution in [0.5, 0.6) is 5.75 Å². The second-order valence-electron chi connectivity index (χ2n) is 3.80. The Balaban J connectivity index is 2.58. The van der Waals surface area contributed by atoms with Gasteiger partial charge in [0.25, 0.3) is 0 Å². The normalized spacial score (nSPS) is 13.0. The van der Waals surface area contributed by atoms with Gasteiger partial charge in [-0.25, -0.2) is 0 Å². The second-order valence-corrected chi connectivity index (χ2v) is 3.80. The third-order valence-electron chi connectivity index (χ3n) is 2.85. The number of hydrogen-bond acceptors (Lipinski definition) is 3. The van der Waals surface area contributed by atoms with Crippen molar-refractivity contribution < 1.29 is 9.84 Å². The van der Waals surface area contributed by atoms with Crippen LogP contribution < -0.4 is 10.5 Å². The van der Waals surface area contributed by atoms with E-state index in [0.717, 1.165) is 22.3 Å². The van der Waals surface area contributed by atoms with Crippen LogP contribution in [0.1, 0.15) is 11.8 Å². The molecule has 0 saturated heterocycles. The smallest absolute Gasteiger partial charge is 0.119 e. The fourth-order valence-electron chi connectivity index (χ4n) is 1.92. The molecular formula is C12H16N2O2. The summed E-state index contributed by atoms with van der Waals surface area (Å²) in [5.74, 6) is 0.812. The number of methoxy groups -OCH3 is 1. The molecule has 0 aliphatic rings. The minimum atomic E-state index is -0.622. The largest absolute Gasteiger partial charge is 0.497 e. The van der Waals surface area contributed by atoms with Gasteiger partial charge in [0.1, 0.15) is 11.9 Å². The van der Waals surface area contributed by atoms with Gasteiger partial charge in [-0.05, 0) is 24.3 Å². The van der Waals surface area contributed by atoms with Crippen LogP contribution in [-0.2, 0) is 7.05 Å². The zero-order valence-electron chi connectivity index (χ0n) is 9.47. The van der Waals surface area contributed by atoms with Crippen molar-refractivity contribution in [3.63, 3.8) is 0 Å². The number of aliphatic hydroxyl groups is 1. The lowest BCUT2D eigenvalue weighted by Gasteiger charge is -2.09. The van der Waals surface area contributed by atoms with Crippen molar-refractivity contribution in [1.29, 1.82) is 0 Å². The lowest BCUT2D eigenvalue weighted by Crippen LogP contribution is -2.14. The van der Waals surface area contributed by atoms with E-state index in [9.17, 15) is 5.11 Å². The van der Waals surface area contributed by atoms with E-state index in [4.69, 9.17) is 10.5 Å². The molecular weight excluding hydrogens is 204 g/mol. The Bertz CT molecular complexity index is 505. The molecule has 4 heteroatoms. The van der Waals surface area contributed by atoms with E-state index in [0.29, 0.717) is 0 Å². The van der Waals surface area contributed by atoms with Gasteiger partial charge in [-0.2, -0.15) is 0 Å². The van der Waals surface area contributed by atoms with Crippen LogP contribution in [-0.4, -0.2) is 23.3 Å². The van der Waals surface area contributed by atoms with Gasteiger partial charge in [-0.15, -0.1) is 0 Å². The summed E-state index contributed by atoms with van der Waals surface area (Å²) in [7, 11) is 3.56. The van der Waals surface area contributed by atoms with E-state index in [-0.39, 0.29) is 6.54 Å². The summed E-state index contributed by atoms with van der Waals surface area (Å²) in [6, 6.07) is 7.76. The van der Waals surface area contributed by atoms with Crippen LogP contribution in [0.25, 0.3) is 10.9 Å². The summed E-state index contributed by atoms with van der Waals surface area (Å²) >= 11 is 0. The zero-order valence-corrected chi connectivity index (χ0v) is 9.47. The third kappa shape index (κ3) is 1.66. The molecule has 4 nitrogen and oxygen atoms in total. The molecule has 0 amide bonds. The molecule has 1 heterocycles. The highest BCUT2D eigenvalue weighted by Crippen LogP contribution is 2.26. The fraction of sp³-hybridized carbons (Fsp3) is 0.333. The number of aromatic nitrogens is 1. The maximum absolute atomic E-state index is 9.76. The molecule has 1 aromatic carbocycles. The van der Waals surface area contributed by atoms with Crippen molar-refractivity contribution in [2.75, 3.05) is 13.7 Å². The molecule has 1 atom stereocenters. The summed E-state index contributed by atoms with van der Waals surface area (Å²) in [6.07, 6.45) is -0.622. The van der Waals surface area contributed by atoms with Gasteiger partial charge < -0.3 is 20.1 Å². The van der Waals surface area contributed by atoms with Gasteiger partial charge in [0.05, 0.1) is 7.11 Å². The first-order valence-corrected chi connectivity index (χ1v) is 5.19. The van der Waals surface area contributed by atoms with Crippen molar-refractivity contribution in [1.82, 2.24) is 4.57 Å². The first kappa shape index (κ1) is 11.0. The Kier molecular flexibility index (Phi) is 2.85. The SMILES string of the molecule is COc1ccc2c(c1)cc(C(O)CN)n2C. The van der Waals surface area contributed by atoms with Gasteiger partial charge in [-0.1, -0.05) is 0 Å². The molecule has 86 valence electrons. The Morgan fingerprint density at radius 2 is 2.19 bits per heavy atom. The molecule has 0 radical (unpaired) electrons. The Hall–Kier alpha value is -1.52. The molecule has 1 unspecified atom stereocenters. The summed E-state index contributed by atoms with van der Waals surface area (Å²) < 4.78 is 7.11. The molecule has 0 aliphatic heterocycles. The summed E-state index contributed by atoms with van der Waals surface area (Å²) in [5.41, 5.74) is 7.35. The number of nitrogens with zero attached hydrogens (tertiary/aromatic N) is 1. The van der Waals surface area contributed by atoms with Crippen LogP contribution in [0.15, 0.2) is 24.3 Å². The minimum absolute atomic E-state index is 0.224. The van der Waals surface area contributed by atoms with Gasteiger partial charge in [0.2, 0.25) is 0 Å². The maximum Gasteiger partial charge on any atom is 0.119 e. The van der Waals surface area contributed by atoms with Gasteiger partial charge in [0, 0.05) is 30.2 Å². The fourth-order valence-corrected chi connectivity index (χ4v) is 1.92. The molecule has 2 rings (SSSR count). The zero-order chi connectivity index (χ0) is 11.7. The van der Waals surface area contributed by atoms with Crippen molar-refractivity contribution in [3.8, 4) is 5.75 Å². The maximum atomic E-state index is 9.76. The van der Waals surface area contributed by atoms with Gasteiger partial charge in [-0.3, -0.25) is 0 Å². The van der Waals surface area contributed by atoms with Gasteiger partial charge >= 0.3 is 0 Å². The number of nitrogens with two attached hydrogens (primary N) is 1. The van der Waals surface area contributed by atoms with Crippen LogP contribution in [0.4, 0.5) is 0 Å². The molecule has 2 aromatic rings. The molecule has 3 N–H and O–H groups in total. The highest BCUT2D eigenvalue weighted by molar-refractivity contribution is 5.83. The molecule has 0 spiro atoms. The van der Waals surface area contributed by atoms with E-state index >= 15 is 0 Å². The summed E-state index contributed by atoms with van der Waals surface area (Å²) in [4.78, 5) is 0. The Morgan fingerprint density at radius 3 is 2.81 bits per heavy atom. The first-order valence-electron chi connectivity index (χ1n) is 5.19. The van der Waals surface area contributed by atoms with Crippen LogP contribution in [0, 0.1) is 0 Å². The highest BCUT2D eigenvalue weighted by atomic mass is 16.5. The van der Waals surface area contributed by atoms with Crippen LogP contribution >= 0.6 is 0 Å². The second kappa shape index (κ2) is 4.15. The predicted molar refractivity (Wildman–Crippen MR) is 63.5 cm³/mol. The molecule has 16 heavy (non-hydrogen) atoms. The number of ether oxygens (including phenoxy) is 1. The molecule has 0 bridgehead atoms. The van der Waals surface area contributed by atoms with Crippen molar-refractivity contribution in [2.45, 2.75) is 6.10 Å².